The molecule has 0 saturated carbocycles. The standard InChI is InChI=1S/C31H40O2Si.Mo/c1-30(2,3)26-17-11-15-24(28(26)32)21-13-10-14-22(23(21)19-20-34(7,8)9)25-16-12-18-27(29(25)33)31(4,5)6;/h10-18,32-33H,19H2,1-9H3;. The van der Waals surface area contributed by atoms with Crippen LogP contribution in [0.1, 0.15) is 58.2 Å². The molecule has 35 heavy (non-hydrogen) atoms. The Kier molecular flexibility index (Phi) is 7.75. The monoisotopic (exact) mass is 570 g/mol. The molecule has 4 heteroatoms. The van der Waals surface area contributed by atoms with Gasteiger partial charge in [-0.25, -0.2) is 0 Å². The van der Waals surface area contributed by atoms with Gasteiger partial charge in [-0.05, 0) is 0 Å². The molecule has 0 unspecified atom stereocenters. The third-order valence-electron chi connectivity index (χ3n) is 6.62. The first-order valence-electron chi connectivity index (χ1n) is 12.3. The van der Waals surface area contributed by atoms with Crippen LogP contribution in [-0.2, 0) is 36.6 Å². The summed E-state index contributed by atoms with van der Waals surface area (Å²) in [6, 6.07) is 18.4. The van der Waals surface area contributed by atoms with Crippen molar-refractivity contribution in [2.24, 2.45) is 0 Å². The molecule has 186 valence electrons. The minimum atomic E-state index is -1.50. The maximum absolute atomic E-state index is 11.4. The number of benzene rings is 3. The first-order valence-corrected chi connectivity index (χ1v) is 16.8. The van der Waals surface area contributed by atoms with Crippen LogP contribution in [0.4, 0.5) is 0 Å². The van der Waals surface area contributed by atoms with Crippen LogP contribution in [0.2, 0.25) is 19.6 Å². The van der Waals surface area contributed by atoms with E-state index in [9.17, 15) is 10.2 Å². The van der Waals surface area contributed by atoms with E-state index in [-0.39, 0.29) is 10.8 Å². The molecule has 0 spiro atoms. The van der Waals surface area contributed by atoms with Crippen molar-refractivity contribution in [2.75, 3.05) is 0 Å². The molecule has 0 bridgehead atoms. The molecule has 2 N–H and O–H groups in total. The van der Waals surface area contributed by atoms with Crippen LogP contribution in [-0.4, -0.2) is 21.8 Å². The number of hydrogen-bond acceptors (Lipinski definition) is 2. The van der Waals surface area contributed by atoms with Gasteiger partial charge in [-0.15, -0.1) is 0 Å². The topological polar surface area (TPSA) is 40.5 Å². The maximum atomic E-state index is 11.4. The van der Waals surface area contributed by atoms with Crippen LogP contribution < -0.4 is 0 Å². The van der Waals surface area contributed by atoms with Crippen molar-refractivity contribution in [1.29, 1.82) is 0 Å². The number of hydrogen-bond donors (Lipinski definition) is 2. The molecule has 0 saturated heterocycles. The van der Waals surface area contributed by atoms with Crippen molar-refractivity contribution in [3.05, 3.63) is 71.3 Å². The average molecular weight is 569 g/mol. The van der Waals surface area contributed by atoms with E-state index >= 15 is 0 Å². The van der Waals surface area contributed by atoms with E-state index in [1.54, 1.807) is 0 Å². The SMILES string of the molecule is CC(C)(C)c1cccc(-c2cccc(-c3cccc(C(C)(C)C)c3O)c2C[C](=[Mo])[Si](C)(C)C)c1O. The molecule has 3 rings (SSSR count). The molecule has 0 aliphatic carbocycles. The molecular weight excluding hydrogens is 528 g/mol. The summed E-state index contributed by atoms with van der Waals surface area (Å²) in [7, 11) is -1.50. The molecule has 3 aromatic rings. The van der Waals surface area contributed by atoms with Crippen LogP contribution in [0.25, 0.3) is 22.3 Å². The molecule has 0 aromatic heterocycles. The van der Waals surface area contributed by atoms with Gasteiger partial charge in [0.25, 0.3) is 0 Å². The minimum absolute atomic E-state index is 0.169. The van der Waals surface area contributed by atoms with Crippen LogP contribution in [0.5, 0.6) is 11.5 Å². The molecule has 0 aliphatic rings. The summed E-state index contributed by atoms with van der Waals surface area (Å²) >= 11 is 2.18. The third-order valence-corrected chi connectivity index (χ3v) is 13.3. The number of para-hydroxylation sites is 2. The Balaban J connectivity index is 2.36. The van der Waals surface area contributed by atoms with Gasteiger partial charge < -0.3 is 0 Å². The average Bonchev–Trinajstić information content (AvgIpc) is 2.72. The van der Waals surface area contributed by atoms with Crippen LogP contribution in [0.15, 0.2) is 54.6 Å². The summed E-state index contributed by atoms with van der Waals surface area (Å²) in [5, 5.41) is 22.8. The fraction of sp³-hybridized carbons (Fsp3) is 0.387. The second kappa shape index (κ2) is 9.83. The molecular formula is C31H40MoO2Si. The van der Waals surface area contributed by atoms with E-state index < -0.39 is 8.07 Å². The van der Waals surface area contributed by atoms with E-state index in [4.69, 9.17) is 0 Å². The van der Waals surface area contributed by atoms with Crippen molar-refractivity contribution in [3.63, 3.8) is 0 Å². The fourth-order valence-electron chi connectivity index (χ4n) is 4.44. The van der Waals surface area contributed by atoms with Gasteiger partial charge in [0.05, 0.1) is 0 Å². The summed E-state index contributed by atoms with van der Waals surface area (Å²) < 4.78 is 1.50. The first kappa shape index (κ1) is 27.6. The zero-order valence-corrected chi connectivity index (χ0v) is 25.7. The van der Waals surface area contributed by atoms with E-state index in [0.717, 1.165) is 45.4 Å². The van der Waals surface area contributed by atoms with Crippen molar-refractivity contribution in [3.8, 4) is 33.8 Å². The summed E-state index contributed by atoms with van der Waals surface area (Å²) in [6.45, 7) is 19.9. The van der Waals surface area contributed by atoms with E-state index in [2.05, 4.69) is 92.7 Å². The summed E-state index contributed by atoms with van der Waals surface area (Å²) in [5.74, 6) is 0.690. The second-order valence-electron chi connectivity index (χ2n) is 12.6. The molecule has 0 aliphatic heterocycles. The number of phenolic OH excluding ortho intramolecular Hbond substituents is 2. The number of rotatable bonds is 5. The number of phenols is 2. The number of aromatic hydroxyl groups is 2. The summed E-state index contributed by atoms with van der Waals surface area (Å²) in [5.41, 5.74) is 6.48. The van der Waals surface area contributed by atoms with Gasteiger partial charge in [-0.1, -0.05) is 0 Å². The van der Waals surface area contributed by atoms with Gasteiger partial charge >= 0.3 is 225 Å². The zero-order valence-electron chi connectivity index (χ0n) is 22.7. The molecule has 3 aromatic carbocycles. The van der Waals surface area contributed by atoms with E-state index in [1.807, 2.05) is 42.5 Å². The first-order chi connectivity index (χ1) is 16.0. The molecule has 2 nitrogen and oxygen atoms in total. The van der Waals surface area contributed by atoms with Gasteiger partial charge in [-0.3, -0.25) is 0 Å². The Labute approximate surface area is 223 Å². The van der Waals surface area contributed by atoms with Crippen LogP contribution >= 0.6 is 0 Å². The molecule has 0 amide bonds. The Hall–Kier alpha value is -1.96. The Bertz CT molecular complexity index is 1170. The second-order valence-corrected chi connectivity index (χ2v) is 19.9. The zero-order chi connectivity index (χ0) is 26.3. The van der Waals surface area contributed by atoms with Gasteiger partial charge in [0.1, 0.15) is 0 Å². The fourth-order valence-corrected chi connectivity index (χ4v) is 5.50. The van der Waals surface area contributed by atoms with E-state index in [1.165, 1.54) is 3.52 Å². The Morgan fingerprint density at radius 3 is 1.34 bits per heavy atom. The quantitative estimate of drug-likeness (QED) is 0.305. The molecule has 0 atom stereocenters. The molecule has 0 radical (unpaired) electrons. The predicted molar refractivity (Wildman–Crippen MR) is 150 cm³/mol. The Morgan fingerprint density at radius 2 is 1.00 bits per heavy atom. The van der Waals surface area contributed by atoms with Crippen molar-refractivity contribution < 1.29 is 29.6 Å². The van der Waals surface area contributed by atoms with Crippen molar-refractivity contribution in [2.45, 2.75) is 78.4 Å². The van der Waals surface area contributed by atoms with Crippen molar-refractivity contribution >= 4 is 11.6 Å². The Morgan fingerprint density at radius 1 is 0.657 bits per heavy atom. The van der Waals surface area contributed by atoms with Crippen LogP contribution in [0, 0.1) is 0 Å². The summed E-state index contributed by atoms with van der Waals surface area (Å²) in [6.07, 6.45) is 0.823. The molecule has 0 heterocycles. The van der Waals surface area contributed by atoms with Gasteiger partial charge in [-0.2, -0.15) is 0 Å². The van der Waals surface area contributed by atoms with Gasteiger partial charge in [0.2, 0.25) is 0 Å². The predicted octanol–water partition coefficient (Wildman–Crippen LogP) is 8.17. The van der Waals surface area contributed by atoms with Crippen LogP contribution in [0.3, 0.4) is 0 Å². The van der Waals surface area contributed by atoms with Gasteiger partial charge in [0, 0.05) is 0 Å². The van der Waals surface area contributed by atoms with E-state index in [0.29, 0.717) is 11.5 Å². The third kappa shape index (κ3) is 5.89. The van der Waals surface area contributed by atoms with Gasteiger partial charge in [0.15, 0.2) is 0 Å². The summed E-state index contributed by atoms with van der Waals surface area (Å²) in [4.78, 5) is 0. The normalized spacial score (nSPS) is 12.6. The molecule has 0 fully saturated rings. The van der Waals surface area contributed by atoms with Crippen molar-refractivity contribution in [1.82, 2.24) is 0 Å².